The van der Waals surface area contributed by atoms with Crippen LogP contribution in [0.1, 0.15) is 50.5 Å². The van der Waals surface area contributed by atoms with Gasteiger partial charge in [0.25, 0.3) is 0 Å². The zero-order valence-electron chi connectivity index (χ0n) is 17.8. The summed E-state index contributed by atoms with van der Waals surface area (Å²) in [5.41, 5.74) is 4.74. The van der Waals surface area contributed by atoms with Crippen LogP contribution < -0.4 is 4.90 Å². The van der Waals surface area contributed by atoms with Crippen LogP contribution in [0.3, 0.4) is 0 Å². The molecule has 4 heteroatoms. The highest BCUT2D eigenvalue weighted by Crippen LogP contribution is 2.33. The summed E-state index contributed by atoms with van der Waals surface area (Å²) < 4.78 is 0. The van der Waals surface area contributed by atoms with Crippen LogP contribution in [0.4, 0.5) is 5.82 Å². The highest BCUT2D eigenvalue weighted by Gasteiger charge is 2.27. The van der Waals surface area contributed by atoms with Crippen molar-refractivity contribution in [2.45, 2.75) is 51.0 Å². The average molecular weight is 401 g/mol. The normalized spacial score (nSPS) is 20.9. The van der Waals surface area contributed by atoms with Crippen molar-refractivity contribution in [3.05, 3.63) is 60.2 Å². The Bertz CT molecular complexity index is 904. The first-order valence-corrected chi connectivity index (χ1v) is 11.7. The number of aromatic nitrogens is 2. The van der Waals surface area contributed by atoms with Crippen molar-refractivity contribution in [3.63, 3.8) is 0 Å². The Hall–Kier alpha value is -2.46. The van der Waals surface area contributed by atoms with Crippen LogP contribution in [0, 0.1) is 0 Å². The van der Waals surface area contributed by atoms with Crippen molar-refractivity contribution >= 4 is 11.4 Å². The zero-order chi connectivity index (χ0) is 20.2. The van der Waals surface area contributed by atoms with Gasteiger partial charge in [0.05, 0.1) is 5.69 Å². The molecule has 2 heterocycles. The second kappa shape index (κ2) is 9.13. The van der Waals surface area contributed by atoms with Gasteiger partial charge in [-0.25, -0.2) is 0 Å². The van der Waals surface area contributed by atoms with Crippen LogP contribution in [0.15, 0.2) is 54.6 Å². The van der Waals surface area contributed by atoms with Crippen LogP contribution in [-0.2, 0) is 0 Å². The Morgan fingerprint density at radius 2 is 1.67 bits per heavy atom. The maximum absolute atomic E-state index is 4.78. The van der Waals surface area contributed by atoms with E-state index in [2.05, 4.69) is 63.5 Å². The Morgan fingerprint density at radius 1 is 0.867 bits per heavy atom. The summed E-state index contributed by atoms with van der Waals surface area (Å²) in [5.74, 6) is 1.07. The van der Waals surface area contributed by atoms with E-state index in [1.54, 1.807) is 0 Å². The molecule has 0 amide bonds. The first kappa shape index (κ1) is 19.5. The topological polar surface area (TPSA) is 32.3 Å². The number of hydrogen-bond acceptors (Lipinski definition) is 4. The molecule has 3 aliphatic rings. The fourth-order valence-electron chi connectivity index (χ4n) is 5.18. The Morgan fingerprint density at radius 3 is 2.40 bits per heavy atom. The molecule has 1 saturated carbocycles. The van der Waals surface area contributed by atoms with Gasteiger partial charge in [0, 0.05) is 43.3 Å². The molecule has 4 nitrogen and oxygen atoms in total. The highest BCUT2D eigenvalue weighted by molar-refractivity contribution is 5.79. The molecule has 0 atom stereocenters. The largest absolute Gasteiger partial charge is 0.352 e. The Labute approximate surface area is 180 Å². The molecule has 5 rings (SSSR count). The Kier molecular flexibility index (Phi) is 5.94. The second-order valence-corrected chi connectivity index (χ2v) is 8.81. The van der Waals surface area contributed by atoms with Crippen LogP contribution in [0.2, 0.25) is 0 Å². The maximum atomic E-state index is 4.78. The maximum Gasteiger partial charge on any atom is 0.158 e. The lowest BCUT2D eigenvalue weighted by Crippen LogP contribution is -2.51. The second-order valence-electron chi connectivity index (χ2n) is 8.81. The molecule has 1 aliphatic heterocycles. The summed E-state index contributed by atoms with van der Waals surface area (Å²) in [6.45, 7) is 4.38. The molecule has 0 radical (unpaired) electrons. The van der Waals surface area contributed by atoms with Crippen molar-refractivity contribution in [2.75, 3.05) is 31.1 Å². The van der Waals surface area contributed by atoms with Gasteiger partial charge in [0.15, 0.2) is 5.82 Å². The van der Waals surface area contributed by atoms with Crippen LogP contribution in [-0.4, -0.2) is 47.3 Å². The van der Waals surface area contributed by atoms with E-state index in [1.165, 1.54) is 43.2 Å². The summed E-state index contributed by atoms with van der Waals surface area (Å²) in [7, 11) is 0. The summed E-state index contributed by atoms with van der Waals surface area (Å²) in [5, 5.41) is 9.42. The number of nitrogens with zero attached hydrogens (tertiary/aromatic N) is 4. The van der Waals surface area contributed by atoms with Gasteiger partial charge in [-0.2, -0.15) is 0 Å². The smallest absolute Gasteiger partial charge is 0.158 e. The summed E-state index contributed by atoms with van der Waals surface area (Å²) in [4.78, 5) is 5.19. The minimum absolute atomic E-state index is 0.804. The van der Waals surface area contributed by atoms with E-state index in [0.29, 0.717) is 0 Å². The third-order valence-corrected chi connectivity index (χ3v) is 6.91. The van der Waals surface area contributed by atoms with Crippen molar-refractivity contribution in [3.8, 4) is 11.3 Å². The molecule has 1 saturated heterocycles. The van der Waals surface area contributed by atoms with Gasteiger partial charge in [0.1, 0.15) is 0 Å². The summed E-state index contributed by atoms with van der Waals surface area (Å²) in [6, 6.07) is 13.5. The number of hydrogen-bond donors (Lipinski definition) is 0. The SMILES string of the molecule is C1=CCCC(c2cc(-c3ccccc3)nnc2N2CCN(C3CCCCC3)CC2)=C1. The Balaban J connectivity index is 1.40. The summed E-state index contributed by atoms with van der Waals surface area (Å²) >= 11 is 0. The van der Waals surface area contributed by atoms with Gasteiger partial charge < -0.3 is 4.90 Å². The van der Waals surface area contributed by atoms with E-state index in [9.17, 15) is 0 Å². The van der Waals surface area contributed by atoms with Gasteiger partial charge in [-0.1, -0.05) is 67.8 Å². The minimum atomic E-state index is 0.804. The quantitative estimate of drug-likeness (QED) is 0.694. The van der Waals surface area contributed by atoms with Gasteiger partial charge in [0.2, 0.25) is 0 Å². The lowest BCUT2D eigenvalue weighted by atomic mass is 9.93. The van der Waals surface area contributed by atoms with Gasteiger partial charge in [-0.3, -0.25) is 4.90 Å². The number of benzene rings is 1. The average Bonchev–Trinajstić information content (AvgIpc) is 2.85. The minimum Gasteiger partial charge on any atom is -0.352 e. The van der Waals surface area contributed by atoms with Crippen LogP contribution in [0.5, 0.6) is 0 Å². The molecule has 1 aromatic heterocycles. The standard InChI is InChI=1S/C26H32N4/c1-4-10-21(11-5-1)24-20-25(22-12-6-2-7-13-22)27-28-26(24)30-18-16-29(17-19-30)23-14-8-3-9-15-23/h1-2,4,6-7,10,12-13,20,23H,3,5,8-9,11,14-19H2. The predicted molar refractivity (Wildman–Crippen MR) is 124 cm³/mol. The van der Waals surface area contributed by atoms with Gasteiger partial charge >= 0.3 is 0 Å². The number of allylic oxidation sites excluding steroid dienone is 4. The van der Waals surface area contributed by atoms with Crippen LogP contribution in [0.25, 0.3) is 16.8 Å². The van der Waals surface area contributed by atoms with E-state index in [4.69, 9.17) is 5.10 Å². The van der Waals surface area contributed by atoms with E-state index >= 15 is 0 Å². The summed E-state index contributed by atoms with van der Waals surface area (Å²) in [6.07, 6.45) is 15.9. The lowest BCUT2D eigenvalue weighted by molar-refractivity contribution is 0.147. The molecule has 0 unspecified atom stereocenters. The molecule has 0 spiro atoms. The van der Waals surface area contributed by atoms with Gasteiger partial charge in [-0.15, -0.1) is 10.2 Å². The highest BCUT2D eigenvalue weighted by atomic mass is 15.3. The fraction of sp³-hybridized carbons (Fsp3) is 0.462. The molecular weight excluding hydrogens is 368 g/mol. The van der Waals surface area contributed by atoms with E-state index in [-0.39, 0.29) is 0 Å². The first-order valence-electron chi connectivity index (χ1n) is 11.7. The zero-order valence-corrected chi connectivity index (χ0v) is 17.8. The fourth-order valence-corrected chi connectivity index (χ4v) is 5.18. The number of rotatable bonds is 4. The molecule has 156 valence electrons. The molecule has 1 aromatic carbocycles. The molecule has 2 fully saturated rings. The molecular formula is C26H32N4. The van der Waals surface area contributed by atoms with Gasteiger partial charge in [-0.05, 0) is 37.3 Å². The monoisotopic (exact) mass is 400 g/mol. The van der Waals surface area contributed by atoms with Crippen molar-refractivity contribution < 1.29 is 0 Å². The first-order chi connectivity index (χ1) is 14.9. The van der Waals surface area contributed by atoms with E-state index in [1.807, 2.05) is 6.07 Å². The lowest BCUT2D eigenvalue weighted by Gasteiger charge is -2.41. The van der Waals surface area contributed by atoms with Crippen LogP contribution >= 0.6 is 0 Å². The van der Waals surface area contributed by atoms with Crippen molar-refractivity contribution in [1.29, 1.82) is 0 Å². The van der Waals surface area contributed by atoms with E-state index < -0.39 is 0 Å². The molecule has 2 aromatic rings. The third-order valence-electron chi connectivity index (χ3n) is 6.91. The van der Waals surface area contributed by atoms with E-state index in [0.717, 1.165) is 62.1 Å². The number of anilines is 1. The van der Waals surface area contributed by atoms with Crippen molar-refractivity contribution in [2.24, 2.45) is 0 Å². The van der Waals surface area contributed by atoms with Crippen molar-refractivity contribution in [1.82, 2.24) is 15.1 Å². The molecule has 0 N–H and O–H groups in total. The molecule has 2 aliphatic carbocycles. The molecule has 0 bridgehead atoms. The number of piperazine rings is 1. The third kappa shape index (κ3) is 4.20. The molecule has 30 heavy (non-hydrogen) atoms. The predicted octanol–water partition coefficient (Wildman–Crippen LogP) is 5.33.